The molecule has 7 nitrogen and oxygen atoms in total. The van der Waals surface area contributed by atoms with Crippen molar-refractivity contribution >= 4 is 44.0 Å². The van der Waals surface area contributed by atoms with Gasteiger partial charge in [0.2, 0.25) is 5.95 Å². The Labute approximate surface area is 196 Å². The molecule has 168 valence electrons. The molecule has 0 radical (unpaired) electrons. The number of methoxy groups -OCH3 is 1. The summed E-state index contributed by atoms with van der Waals surface area (Å²) in [4.78, 5) is 14.8. The van der Waals surface area contributed by atoms with E-state index in [2.05, 4.69) is 68.5 Å². The van der Waals surface area contributed by atoms with Crippen LogP contribution in [0.25, 0.3) is 38.1 Å². The first kappa shape index (κ1) is 19.3. The summed E-state index contributed by atoms with van der Waals surface area (Å²) in [6.07, 6.45) is 6.34. The molecular weight excluding hydrogens is 424 g/mol. The van der Waals surface area contributed by atoms with Crippen LogP contribution in [0.15, 0.2) is 48.9 Å². The van der Waals surface area contributed by atoms with Gasteiger partial charge in [-0.25, -0.2) is 14.5 Å². The second kappa shape index (κ2) is 6.93. The van der Waals surface area contributed by atoms with Crippen molar-refractivity contribution in [2.24, 2.45) is 0 Å². The average Bonchev–Trinajstić information content (AvgIpc) is 3.50. The number of benzene rings is 2. The van der Waals surface area contributed by atoms with Crippen molar-refractivity contribution in [1.29, 1.82) is 0 Å². The van der Waals surface area contributed by atoms with E-state index >= 15 is 0 Å². The molecule has 6 aromatic rings. The van der Waals surface area contributed by atoms with Gasteiger partial charge >= 0.3 is 0 Å². The lowest BCUT2D eigenvalue weighted by atomic mass is 9.95. The van der Waals surface area contributed by atoms with Gasteiger partial charge in [-0.1, -0.05) is 18.2 Å². The largest absolute Gasteiger partial charge is 0.494 e. The molecule has 7 rings (SSSR count). The van der Waals surface area contributed by atoms with Gasteiger partial charge in [-0.15, -0.1) is 0 Å². The minimum absolute atomic E-state index is 0.663. The van der Waals surface area contributed by atoms with Crippen LogP contribution in [0.3, 0.4) is 0 Å². The van der Waals surface area contributed by atoms with E-state index in [9.17, 15) is 0 Å². The van der Waals surface area contributed by atoms with Gasteiger partial charge in [0, 0.05) is 52.9 Å². The quantitative estimate of drug-likeness (QED) is 0.373. The number of fused-ring (bicyclic) bond motifs is 10. The summed E-state index contributed by atoms with van der Waals surface area (Å²) in [5.41, 5.74) is 8.45. The van der Waals surface area contributed by atoms with Crippen molar-refractivity contribution < 1.29 is 4.74 Å². The van der Waals surface area contributed by atoms with E-state index < -0.39 is 0 Å². The van der Waals surface area contributed by atoms with Crippen LogP contribution < -0.4 is 9.64 Å². The molecule has 7 heteroatoms. The van der Waals surface area contributed by atoms with E-state index in [1.54, 1.807) is 19.5 Å². The van der Waals surface area contributed by atoms with Crippen molar-refractivity contribution in [1.82, 2.24) is 24.6 Å². The number of rotatable bonds is 2. The number of aromatic amines is 1. The zero-order chi connectivity index (χ0) is 23.0. The Morgan fingerprint density at radius 3 is 2.65 bits per heavy atom. The number of hydrogen-bond acceptors (Lipinski definition) is 5. The summed E-state index contributed by atoms with van der Waals surface area (Å²) in [7, 11) is 1.63. The van der Waals surface area contributed by atoms with E-state index in [0.29, 0.717) is 5.75 Å². The van der Waals surface area contributed by atoms with Crippen LogP contribution in [0.2, 0.25) is 0 Å². The van der Waals surface area contributed by atoms with Gasteiger partial charge in [-0.3, -0.25) is 0 Å². The normalized spacial score (nSPS) is 13.9. The molecule has 5 heterocycles. The first-order valence-electron chi connectivity index (χ1n) is 11.6. The summed E-state index contributed by atoms with van der Waals surface area (Å²) in [5.74, 6) is 1.38. The van der Waals surface area contributed by atoms with E-state index in [0.717, 1.165) is 31.2 Å². The van der Waals surface area contributed by atoms with E-state index in [4.69, 9.17) is 9.84 Å². The van der Waals surface area contributed by atoms with Gasteiger partial charge in [0.1, 0.15) is 0 Å². The van der Waals surface area contributed by atoms with Crippen molar-refractivity contribution in [2.45, 2.75) is 26.8 Å². The molecule has 0 saturated heterocycles. The van der Waals surface area contributed by atoms with Gasteiger partial charge < -0.3 is 14.6 Å². The molecule has 1 aliphatic heterocycles. The summed E-state index contributed by atoms with van der Waals surface area (Å²) < 4.78 is 7.43. The molecule has 4 aromatic heterocycles. The van der Waals surface area contributed by atoms with Crippen LogP contribution in [-0.4, -0.2) is 38.2 Å². The van der Waals surface area contributed by atoms with Crippen molar-refractivity contribution in [3.63, 3.8) is 0 Å². The van der Waals surface area contributed by atoms with Crippen molar-refractivity contribution in [3.05, 3.63) is 71.3 Å². The third kappa shape index (κ3) is 2.55. The molecule has 1 N–H and O–H groups in total. The number of anilines is 1. The zero-order valence-electron chi connectivity index (χ0n) is 19.4. The van der Waals surface area contributed by atoms with Crippen molar-refractivity contribution in [3.8, 4) is 5.75 Å². The summed E-state index contributed by atoms with van der Waals surface area (Å²) >= 11 is 0. The Bertz CT molecular complexity index is 1750. The maximum atomic E-state index is 5.24. The number of aromatic nitrogens is 5. The Morgan fingerprint density at radius 1 is 0.971 bits per heavy atom. The Balaban J connectivity index is 1.57. The number of nitrogens with one attached hydrogen (secondary N) is 1. The van der Waals surface area contributed by atoms with Gasteiger partial charge in [-0.2, -0.15) is 5.10 Å². The van der Waals surface area contributed by atoms with Crippen LogP contribution in [0.1, 0.15) is 22.4 Å². The second-order valence-electron chi connectivity index (χ2n) is 9.13. The number of aryl methyl sites for hydroxylation is 2. The standard InChI is InChI=1S/C27H24N6O/c1-15-5-4-6-18-20-11-16(2)24-19(7-9-28-24)23(20)26-21-14-32(27-29-12-17(34-3)13-30-27)10-8-22(21)31-33(26)25(15)18/h4-7,9,11-13,28H,8,10,14H2,1-3H3. The molecule has 0 unspecified atom stereocenters. The predicted octanol–water partition coefficient (Wildman–Crippen LogP) is 5.10. The van der Waals surface area contributed by atoms with Gasteiger partial charge in [0.25, 0.3) is 0 Å². The first-order chi connectivity index (χ1) is 16.6. The van der Waals surface area contributed by atoms with Crippen LogP contribution in [0.5, 0.6) is 5.75 Å². The number of nitrogens with zero attached hydrogens (tertiary/aromatic N) is 5. The molecule has 2 aromatic carbocycles. The number of para-hydroxylation sites is 1. The fraction of sp³-hybridized carbons (Fsp3) is 0.222. The monoisotopic (exact) mass is 448 g/mol. The highest BCUT2D eigenvalue weighted by Crippen LogP contribution is 2.40. The molecular formula is C27H24N6O. The maximum Gasteiger partial charge on any atom is 0.225 e. The molecule has 0 saturated carbocycles. The second-order valence-corrected chi connectivity index (χ2v) is 9.13. The number of ether oxygens (including phenoxy) is 1. The molecule has 0 fully saturated rings. The Kier molecular flexibility index (Phi) is 3.95. The number of hydrogen-bond donors (Lipinski definition) is 1. The SMILES string of the molecule is COc1cnc(N2CCc3nn4c5c(C)cccc5c5cc(C)c6[nH]ccc6c5c4c3C2)nc1. The highest BCUT2D eigenvalue weighted by Gasteiger charge is 2.27. The Hall–Kier alpha value is -4.13. The van der Waals surface area contributed by atoms with Crippen LogP contribution in [-0.2, 0) is 13.0 Å². The molecule has 0 aliphatic carbocycles. The molecule has 0 spiro atoms. The summed E-state index contributed by atoms with van der Waals surface area (Å²) in [6, 6.07) is 11.1. The topological polar surface area (TPSA) is 71.3 Å². The van der Waals surface area contributed by atoms with Crippen LogP contribution in [0.4, 0.5) is 5.95 Å². The fourth-order valence-electron chi connectivity index (χ4n) is 5.58. The summed E-state index contributed by atoms with van der Waals surface area (Å²) in [6.45, 7) is 5.90. The van der Waals surface area contributed by atoms with Crippen LogP contribution in [0, 0.1) is 13.8 Å². The molecule has 1 aliphatic rings. The third-order valence-corrected chi connectivity index (χ3v) is 7.18. The Morgan fingerprint density at radius 2 is 1.82 bits per heavy atom. The fourth-order valence-corrected chi connectivity index (χ4v) is 5.58. The lowest BCUT2D eigenvalue weighted by molar-refractivity contribution is 0.410. The summed E-state index contributed by atoms with van der Waals surface area (Å²) in [5, 5.41) is 10.2. The van der Waals surface area contributed by atoms with Gasteiger partial charge in [-0.05, 0) is 42.5 Å². The molecule has 0 atom stereocenters. The zero-order valence-corrected chi connectivity index (χ0v) is 19.4. The number of pyridine rings is 1. The molecule has 0 amide bonds. The van der Waals surface area contributed by atoms with E-state index in [1.807, 2.05) is 6.20 Å². The molecule has 34 heavy (non-hydrogen) atoms. The average molecular weight is 449 g/mol. The van der Waals surface area contributed by atoms with Crippen molar-refractivity contribution in [2.75, 3.05) is 18.6 Å². The highest BCUT2D eigenvalue weighted by atomic mass is 16.5. The van der Waals surface area contributed by atoms with E-state index in [-0.39, 0.29) is 0 Å². The molecule has 0 bridgehead atoms. The van der Waals surface area contributed by atoms with Gasteiger partial charge in [0.05, 0.1) is 36.2 Å². The predicted molar refractivity (Wildman–Crippen MR) is 135 cm³/mol. The minimum Gasteiger partial charge on any atom is -0.494 e. The van der Waals surface area contributed by atoms with Gasteiger partial charge in [0.15, 0.2) is 5.75 Å². The third-order valence-electron chi connectivity index (χ3n) is 7.18. The first-order valence-corrected chi connectivity index (χ1v) is 11.6. The lowest BCUT2D eigenvalue weighted by Crippen LogP contribution is -2.31. The van der Waals surface area contributed by atoms with E-state index in [1.165, 1.54) is 54.8 Å². The number of H-pyrrole nitrogens is 1. The smallest absolute Gasteiger partial charge is 0.225 e. The lowest BCUT2D eigenvalue weighted by Gasteiger charge is -2.26. The maximum absolute atomic E-state index is 5.24. The minimum atomic E-state index is 0.663. The highest BCUT2D eigenvalue weighted by molar-refractivity contribution is 6.23. The van der Waals surface area contributed by atoms with Crippen LogP contribution >= 0.6 is 0 Å².